The number of carbonyl (C=O) groups is 1. The zero-order valence-corrected chi connectivity index (χ0v) is 19.1. The van der Waals surface area contributed by atoms with Crippen molar-refractivity contribution in [2.45, 2.75) is 58.4 Å². The van der Waals surface area contributed by atoms with Gasteiger partial charge in [0, 0.05) is 11.7 Å². The fourth-order valence-electron chi connectivity index (χ4n) is 4.72. The van der Waals surface area contributed by atoms with E-state index < -0.39 is 0 Å². The number of nitrogens with zero attached hydrogens (tertiary/aromatic N) is 1. The summed E-state index contributed by atoms with van der Waals surface area (Å²) in [7, 11) is 0. The Labute approximate surface area is 185 Å². The molecule has 0 bridgehead atoms. The van der Waals surface area contributed by atoms with Gasteiger partial charge in [0.25, 0.3) is 0 Å². The van der Waals surface area contributed by atoms with E-state index in [4.69, 9.17) is 9.47 Å². The first kappa shape index (κ1) is 21.7. The van der Waals surface area contributed by atoms with Crippen molar-refractivity contribution in [3.05, 3.63) is 53.1 Å². The largest absolute Gasteiger partial charge is 0.486 e. The van der Waals surface area contributed by atoms with Crippen molar-refractivity contribution in [3.63, 3.8) is 0 Å². The summed E-state index contributed by atoms with van der Waals surface area (Å²) < 4.78 is 11.4. The number of fused-ring (bicyclic) bond motifs is 1. The maximum atomic E-state index is 13.1. The molecule has 2 aliphatic rings. The lowest BCUT2D eigenvalue weighted by Gasteiger charge is -2.27. The maximum Gasteiger partial charge on any atom is 0.238 e. The number of carbonyl (C=O) groups excluding carboxylic acids is 1. The molecule has 2 aromatic carbocycles. The van der Waals surface area contributed by atoms with Crippen molar-refractivity contribution >= 4 is 11.6 Å². The van der Waals surface area contributed by atoms with Crippen LogP contribution in [0.5, 0.6) is 11.5 Å². The van der Waals surface area contributed by atoms with Gasteiger partial charge in [0.1, 0.15) is 13.2 Å². The Morgan fingerprint density at radius 2 is 1.71 bits per heavy atom. The summed E-state index contributed by atoms with van der Waals surface area (Å²) in [5.74, 6) is 2.38. The number of likely N-dealkylation sites (tertiary alicyclic amines) is 1. The number of rotatable bonds is 6. The molecule has 2 heterocycles. The van der Waals surface area contributed by atoms with Crippen molar-refractivity contribution in [2.75, 3.05) is 31.6 Å². The molecule has 1 N–H and O–H groups in total. The first-order chi connectivity index (χ1) is 14.9. The van der Waals surface area contributed by atoms with Gasteiger partial charge in [-0.05, 0) is 60.0 Å². The third kappa shape index (κ3) is 4.72. The number of benzene rings is 2. The molecule has 2 aliphatic heterocycles. The maximum absolute atomic E-state index is 13.1. The molecule has 2 aromatic rings. The molecular weight excluding hydrogens is 388 g/mol. The Kier molecular flexibility index (Phi) is 6.51. The van der Waals surface area contributed by atoms with E-state index in [0.29, 0.717) is 31.6 Å². The molecule has 5 heteroatoms. The van der Waals surface area contributed by atoms with Gasteiger partial charge < -0.3 is 14.8 Å². The standard InChI is InChI=1S/C26H34N2O3/c1-17(2)20-7-5-8-21(18(3)4)26(20)27-25(29)16-28-12-6-9-22(28)19-10-11-23-24(15-19)31-14-13-30-23/h5,7-8,10-11,15,17-18,22H,6,9,12-14,16H2,1-4H3,(H,27,29). The molecule has 0 saturated carbocycles. The van der Waals surface area contributed by atoms with Crippen LogP contribution in [0.3, 0.4) is 0 Å². The number of amides is 1. The highest BCUT2D eigenvalue weighted by molar-refractivity contribution is 5.94. The molecule has 5 nitrogen and oxygen atoms in total. The normalized spacial score (nSPS) is 18.6. The van der Waals surface area contributed by atoms with E-state index in [1.807, 2.05) is 6.07 Å². The molecule has 166 valence electrons. The molecule has 0 aromatic heterocycles. The second-order valence-electron chi connectivity index (χ2n) is 9.20. The van der Waals surface area contributed by atoms with E-state index in [1.54, 1.807) is 0 Å². The Balaban J connectivity index is 1.50. The second-order valence-corrected chi connectivity index (χ2v) is 9.20. The van der Waals surface area contributed by atoms with Gasteiger partial charge >= 0.3 is 0 Å². The van der Waals surface area contributed by atoms with Crippen LogP contribution in [-0.2, 0) is 4.79 Å². The molecule has 1 amide bonds. The molecule has 0 radical (unpaired) electrons. The quantitative estimate of drug-likeness (QED) is 0.670. The summed E-state index contributed by atoms with van der Waals surface area (Å²) in [5.41, 5.74) is 4.58. The highest BCUT2D eigenvalue weighted by Crippen LogP contribution is 2.38. The predicted molar refractivity (Wildman–Crippen MR) is 124 cm³/mol. The average Bonchev–Trinajstić information content (AvgIpc) is 3.21. The van der Waals surface area contributed by atoms with E-state index in [9.17, 15) is 4.79 Å². The summed E-state index contributed by atoms with van der Waals surface area (Å²) >= 11 is 0. The smallest absolute Gasteiger partial charge is 0.238 e. The molecule has 31 heavy (non-hydrogen) atoms. The van der Waals surface area contributed by atoms with E-state index in [0.717, 1.165) is 36.6 Å². The second kappa shape index (κ2) is 9.31. The van der Waals surface area contributed by atoms with Crippen LogP contribution in [0.2, 0.25) is 0 Å². The molecule has 1 unspecified atom stereocenters. The Bertz CT molecular complexity index is 912. The summed E-state index contributed by atoms with van der Waals surface area (Å²) in [6.07, 6.45) is 2.14. The summed E-state index contributed by atoms with van der Waals surface area (Å²) in [6, 6.07) is 12.8. The lowest BCUT2D eigenvalue weighted by molar-refractivity contribution is -0.117. The number of ether oxygens (including phenoxy) is 2. The van der Waals surface area contributed by atoms with Crippen molar-refractivity contribution in [2.24, 2.45) is 0 Å². The van der Waals surface area contributed by atoms with E-state index in [-0.39, 0.29) is 11.9 Å². The Morgan fingerprint density at radius 3 is 2.39 bits per heavy atom. The van der Waals surface area contributed by atoms with Gasteiger partial charge in [0.2, 0.25) is 5.91 Å². The van der Waals surface area contributed by atoms with Crippen LogP contribution in [0, 0.1) is 0 Å². The highest BCUT2D eigenvalue weighted by atomic mass is 16.6. The molecule has 1 atom stereocenters. The molecule has 4 rings (SSSR count). The minimum Gasteiger partial charge on any atom is -0.486 e. The van der Waals surface area contributed by atoms with Crippen LogP contribution >= 0.6 is 0 Å². The first-order valence-corrected chi connectivity index (χ1v) is 11.5. The predicted octanol–water partition coefficient (Wildman–Crippen LogP) is 5.48. The Morgan fingerprint density at radius 1 is 1.03 bits per heavy atom. The fourth-order valence-corrected chi connectivity index (χ4v) is 4.72. The summed E-state index contributed by atoms with van der Waals surface area (Å²) in [6.45, 7) is 11.2. The number of hydrogen-bond acceptors (Lipinski definition) is 4. The molecule has 1 saturated heterocycles. The van der Waals surface area contributed by atoms with Crippen LogP contribution < -0.4 is 14.8 Å². The number of nitrogens with one attached hydrogen (secondary N) is 1. The van der Waals surface area contributed by atoms with Crippen LogP contribution in [0.15, 0.2) is 36.4 Å². The summed E-state index contributed by atoms with van der Waals surface area (Å²) in [4.78, 5) is 15.4. The number of anilines is 1. The minimum atomic E-state index is 0.0550. The van der Waals surface area contributed by atoms with E-state index >= 15 is 0 Å². The van der Waals surface area contributed by atoms with Crippen molar-refractivity contribution in [1.29, 1.82) is 0 Å². The fraction of sp³-hybridized carbons (Fsp3) is 0.500. The van der Waals surface area contributed by atoms with Gasteiger partial charge in [-0.25, -0.2) is 0 Å². The van der Waals surface area contributed by atoms with E-state index in [2.05, 4.69) is 68.2 Å². The third-order valence-electron chi connectivity index (χ3n) is 6.30. The monoisotopic (exact) mass is 422 g/mol. The van der Waals surface area contributed by atoms with Crippen molar-refractivity contribution in [3.8, 4) is 11.5 Å². The zero-order chi connectivity index (χ0) is 22.0. The third-order valence-corrected chi connectivity index (χ3v) is 6.30. The van der Waals surface area contributed by atoms with Gasteiger partial charge in [-0.2, -0.15) is 0 Å². The van der Waals surface area contributed by atoms with Crippen molar-refractivity contribution in [1.82, 2.24) is 4.90 Å². The van der Waals surface area contributed by atoms with E-state index in [1.165, 1.54) is 16.7 Å². The van der Waals surface area contributed by atoms with Crippen LogP contribution in [0.4, 0.5) is 5.69 Å². The Hall–Kier alpha value is -2.53. The topological polar surface area (TPSA) is 50.8 Å². The van der Waals surface area contributed by atoms with Crippen molar-refractivity contribution < 1.29 is 14.3 Å². The lowest BCUT2D eigenvalue weighted by atomic mass is 9.92. The van der Waals surface area contributed by atoms with Gasteiger partial charge in [0.15, 0.2) is 11.5 Å². The van der Waals surface area contributed by atoms with Gasteiger partial charge in [-0.3, -0.25) is 9.69 Å². The van der Waals surface area contributed by atoms with Gasteiger partial charge in [0.05, 0.1) is 6.54 Å². The average molecular weight is 423 g/mol. The minimum absolute atomic E-state index is 0.0550. The highest BCUT2D eigenvalue weighted by Gasteiger charge is 2.29. The molecule has 1 fully saturated rings. The van der Waals surface area contributed by atoms with Gasteiger partial charge in [-0.15, -0.1) is 0 Å². The van der Waals surface area contributed by atoms with Crippen LogP contribution in [-0.4, -0.2) is 37.1 Å². The lowest BCUT2D eigenvalue weighted by Crippen LogP contribution is -2.33. The van der Waals surface area contributed by atoms with Crippen LogP contribution in [0.1, 0.15) is 75.1 Å². The molecule has 0 aliphatic carbocycles. The first-order valence-electron chi connectivity index (χ1n) is 11.5. The zero-order valence-electron chi connectivity index (χ0n) is 19.1. The van der Waals surface area contributed by atoms with Gasteiger partial charge in [-0.1, -0.05) is 52.0 Å². The molecule has 0 spiro atoms. The number of para-hydroxylation sites is 1. The molecular formula is C26H34N2O3. The van der Waals surface area contributed by atoms with Crippen LogP contribution in [0.25, 0.3) is 0 Å². The summed E-state index contributed by atoms with van der Waals surface area (Å²) in [5, 5.41) is 3.27. The number of hydrogen-bond donors (Lipinski definition) is 1. The SMILES string of the molecule is CC(C)c1cccc(C(C)C)c1NC(=O)CN1CCCC1c1ccc2c(c1)OCCO2.